The van der Waals surface area contributed by atoms with Gasteiger partial charge in [0.05, 0.1) is 12.5 Å². The minimum Gasteiger partial charge on any atom is -0.381 e. The highest BCUT2D eigenvalue weighted by Gasteiger charge is 2.37. The van der Waals surface area contributed by atoms with Crippen molar-refractivity contribution in [1.29, 1.82) is 0 Å². The molecule has 2 rings (SSSR count). The van der Waals surface area contributed by atoms with Crippen LogP contribution in [-0.2, 0) is 9.53 Å². The molecule has 2 atom stereocenters. The monoisotopic (exact) mass is 226 g/mol. The van der Waals surface area contributed by atoms with Crippen molar-refractivity contribution in [3.05, 3.63) is 0 Å². The van der Waals surface area contributed by atoms with E-state index in [0.29, 0.717) is 13.2 Å². The standard InChI is InChI=1S/C12H22N2O2/c1-12(8-13)4-5-14(9-12)11(15)10-3-2-6-16-7-10/h10H,2-9,13H2,1H3. The fourth-order valence-electron chi connectivity index (χ4n) is 2.57. The molecule has 2 aliphatic heterocycles. The van der Waals surface area contributed by atoms with Crippen molar-refractivity contribution in [3.63, 3.8) is 0 Å². The van der Waals surface area contributed by atoms with Crippen molar-refractivity contribution in [3.8, 4) is 0 Å². The molecular formula is C12H22N2O2. The highest BCUT2D eigenvalue weighted by Crippen LogP contribution is 2.30. The maximum Gasteiger partial charge on any atom is 0.228 e. The van der Waals surface area contributed by atoms with Gasteiger partial charge in [-0.15, -0.1) is 0 Å². The number of nitrogens with zero attached hydrogens (tertiary/aromatic N) is 1. The van der Waals surface area contributed by atoms with Gasteiger partial charge in [-0.1, -0.05) is 6.92 Å². The van der Waals surface area contributed by atoms with Crippen LogP contribution in [0, 0.1) is 11.3 Å². The summed E-state index contributed by atoms with van der Waals surface area (Å²) in [4.78, 5) is 14.2. The Hall–Kier alpha value is -0.610. The van der Waals surface area contributed by atoms with Crippen LogP contribution >= 0.6 is 0 Å². The molecule has 0 aromatic rings. The van der Waals surface area contributed by atoms with Gasteiger partial charge in [-0.25, -0.2) is 0 Å². The fourth-order valence-corrected chi connectivity index (χ4v) is 2.57. The summed E-state index contributed by atoms with van der Waals surface area (Å²) >= 11 is 0. The van der Waals surface area contributed by atoms with E-state index in [1.165, 1.54) is 0 Å². The second kappa shape index (κ2) is 4.72. The zero-order valence-corrected chi connectivity index (χ0v) is 10.1. The lowest BCUT2D eigenvalue weighted by Gasteiger charge is -2.28. The van der Waals surface area contributed by atoms with Gasteiger partial charge in [0.15, 0.2) is 0 Å². The molecule has 4 heteroatoms. The van der Waals surface area contributed by atoms with Crippen LogP contribution in [-0.4, -0.2) is 43.7 Å². The van der Waals surface area contributed by atoms with E-state index >= 15 is 0 Å². The van der Waals surface area contributed by atoms with Gasteiger partial charge in [-0.2, -0.15) is 0 Å². The molecule has 0 aromatic carbocycles. The fraction of sp³-hybridized carbons (Fsp3) is 0.917. The van der Waals surface area contributed by atoms with E-state index in [9.17, 15) is 4.79 Å². The average molecular weight is 226 g/mol. The van der Waals surface area contributed by atoms with Crippen molar-refractivity contribution in [1.82, 2.24) is 4.90 Å². The Morgan fingerprint density at radius 3 is 3.00 bits per heavy atom. The number of hydrogen-bond donors (Lipinski definition) is 1. The Morgan fingerprint density at radius 2 is 2.44 bits per heavy atom. The predicted octanol–water partition coefficient (Wildman–Crippen LogP) is 0.610. The number of likely N-dealkylation sites (tertiary alicyclic amines) is 1. The van der Waals surface area contributed by atoms with E-state index in [0.717, 1.165) is 39.0 Å². The second-order valence-corrected chi connectivity index (χ2v) is 5.44. The van der Waals surface area contributed by atoms with Gasteiger partial charge < -0.3 is 15.4 Å². The van der Waals surface area contributed by atoms with Crippen LogP contribution in [0.4, 0.5) is 0 Å². The smallest absolute Gasteiger partial charge is 0.228 e. The molecule has 2 unspecified atom stereocenters. The average Bonchev–Trinajstić information content (AvgIpc) is 2.73. The number of rotatable bonds is 2. The number of ether oxygens (including phenoxy) is 1. The van der Waals surface area contributed by atoms with E-state index in [2.05, 4.69) is 6.92 Å². The SMILES string of the molecule is CC1(CN)CCN(C(=O)C2CCCOC2)C1. The zero-order valence-electron chi connectivity index (χ0n) is 10.1. The van der Waals surface area contributed by atoms with Crippen molar-refractivity contribution >= 4 is 5.91 Å². The molecule has 92 valence electrons. The highest BCUT2D eigenvalue weighted by atomic mass is 16.5. The Kier molecular flexibility index (Phi) is 3.50. The van der Waals surface area contributed by atoms with E-state index in [-0.39, 0.29) is 17.2 Å². The van der Waals surface area contributed by atoms with Crippen LogP contribution in [0.25, 0.3) is 0 Å². The summed E-state index contributed by atoms with van der Waals surface area (Å²) in [6, 6.07) is 0. The van der Waals surface area contributed by atoms with Gasteiger partial charge in [0.2, 0.25) is 5.91 Å². The topological polar surface area (TPSA) is 55.6 Å². The first-order valence-electron chi connectivity index (χ1n) is 6.21. The summed E-state index contributed by atoms with van der Waals surface area (Å²) in [6.45, 7) is 5.93. The molecule has 2 aliphatic rings. The van der Waals surface area contributed by atoms with Crippen LogP contribution in [0.3, 0.4) is 0 Å². The Balaban J connectivity index is 1.91. The molecule has 2 saturated heterocycles. The lowest BCUT2D eigenvalue weighted by molar-refractivity contribution is -0.139. The second-order valence-electron chi connectivity index (χ2n) is 5.44. The van der Waals surface area contributed by atoms with Crippen molar-refractivity contribution in [2.45, 2.75) is 26.2 Å². The van der Waals surface area contributed by atoms with Crippen LogP contribution in [0.1, 0.15) is 26.2 Å². The van der Waals surface area contributed by atoms with Crippen molar-refractivity contribution in [2.75, 3.05) is 32.8 Å². The minimum atomic E-state index is 0.0916. The zero-order chi connectivity index (χ0) is 11.6. The Bertz CT molecular complexity index is 264. The van der Waals surface area contributed by atoms with Gasteiger partial charge >= 0.3 is 0 Å². The molecule has 2 fully saturated rings. The lowest BCUT2D eigenvalue weighted by atomic mass is 9.90. The van der Waals surface area contributed by atoms with Gasteiger partial charge in [-0.3, -0.25) is 4.79 Å². The first-order valence-corrected chi connectivity index (χ1v) is 6.21. The third kappa shape index (κ3) is 2.38. The first kappa shape index (κ1) is 11.9. The van der Waals surface area contributed by atoms with Gasteiger partial charge in [0, 0.05) is 19.7 Å². The van der Waals surface area contributed by atoms with Crippen molar-refractivity contribution in [2.24, 2.45) is 17.1 Å². The molecule has 2 heterocycles. The molecule has 1 amide bonds. The summed E-state index contributed by atoms with van der Waals surface area (Å²) in [7, 11) is 0. The molecule has 0 aliphatic carbocycles. The molecule has 4 nitrogen and oxygen atoms in total. The summed E-state index contributed by atoms with van der Waals surface area (Å²) in [5.74, 6) is 0.366. The number of carbonyl (C=O) groups is 1. The van der Waals surface area contributed by atoms with Gasteiger partial charge in [0.25, 0.3) is 0 Å². The van der Waals surface area contributed by atoms with Crippen LogP contribution < -0.4 is 5.73 Å². The predicted molar refractivity (Wildman–Crippen MR) is 61.9 cm³/mol. The molecule has 0 aromatic heterocycles. The Morgan fingerprint density at radius 1 is 1.62 bits per heavy atom. The van der Waals surface area contributed by atoms with E-state index < -0.39 is 0 Å². The van der Waals surface area contributed by atoms with Gasteiger partial charge in [-0.05, 0) is 31.2 Å². The Labute approximate surface area is 97.1 Å². The number of nitrogens with two attached hydrogens (primary N) is 1. The quantitative estimate of drug-likeness (QED) is 0.750. The molecule has 0 spiro atoms. The van der Waals surface area contributed by atoms with Gasteiger partial charge in [0.1, 0.15) is 0 Å². The normalized spacial score (nSPS) is 35.4. The lowest BCUT2D eigenvalue weighted by Crippen LogP contribution is -2.40. The van der Waals surface area contributed by atoms with Crippen LogP contribution in [0.15, 0.2) is 0 Å². The molecular weight excluding hydrogens is 204 g/mol. The highest BCUT2D eigenvalue weighted by molar-refractivity contribution is 5.79. The molecule has 2 N–H and O–H groups in total. The molecule has 0 bridgehead atoms. The summed E-state index contributed by atoms with van der Waals surface area (Å²) in [5.41, 5.74) is 5.88. The minimum absolute atomic E-state index is 0.0916. The third-order valence-electron chi connectivity index (χ3n) is 3.87. The number of hydrogen-bond acceptors (Lipinski definition) is 3. The maximum absolute atomic E-state index is 12.2. The first-order chi connectivity index (χ1) is 7.64. The summed E-state index contributed by atoms with van der Waals surface area (Å²) < 4.78 is 5.37. The molecule has 16 heavy (non-hydrogen) atoms. The van der Waals surface area contributed by atoms with E-state index in [1.807, 2.05) is 4.90 Å². The third-order valence-corrected chi connectivity index (χ3v) is 3.87. The van der Waals surface area contributed by atoms with E-state index in [4.69, 9.17) is 10.5 Å². The number of amides is 1. The largest absolute Gasteiger partial charge is 0.381 e. The summed E-state index contributed by atoms with van der Waals surface area (Å²) in [5, 5.41) is 0. The summed E-state index contributed by atoms with van der Waals surface area (Å²) in [6.07, 6.45) is 3.02. The molecule has 0 saturated carbocycles. The maximum atomic E-state index is 12.2. The van der Waals surface area contributed by atoms with Crippen molar-refractivity contribution < 1.29 is 9.53 Å². The molecule has 0 radical (unpaired) electrons. The van der Waals surface area contributed by atoms with Crippen LogP contribution in [0.5, 0.6) is 0 Å². The van der Waals surface area contributed by atoms with Crippen LogP contribution in [0.2, 0.25) is 0 Å². The van der Waals surface area contributed by atoms with E-state index in [1.54, 1.807) is 0 Å². The number of carbonyl (C=O) groups excluding carboxylic acids is 1.